The Balaban J connectivity index is 1.93. The van der Waals surface area contributed by atoms with Gasteiger partial charge in [0.05, 0.1) is 19.0 Å². The van der Waals surface area contributed by atoms with Gasteiger partial charge in [-0.15, -0.1) is 0 Å². The van der Waals surface area contributed by atoms with Crippen molar-refractivity contribution in [3.63, 3.8) is 0 Å². The number of nitrogen functional groups attached to an aromatic ring is 1. The lowest BCUT2D eigenvalue weighted by Gasteiger charge is -2.33. The van der Waals surface area contributed by atoms with E-state index < -0.39 is 45.2 Å². The van der Waals surface area contributed by atoms with E-state index in [0.717, 1.165) is 6.33 Å². The van der Waals surface area contributed by atoms with Crippen molar-refractivity contribution in [1.29, 1.82) is 5.26 Å². The van der Waals surface area contributed by atoms with Gasteiger partial charge in [-0.2, -0.15) is 5.26 Å². The number of imidazole rings is 1. The molecule has 2 aromatic heterocycles. The smallest absolute Gasteiger partial charge is 0.387 e. The van der Waals surface area contributed by atoms with Crippen molar-refractivity contribution in [3.05, 3.63) is 12.7 Å². The highest BCUT2D eigenvalue weighted by Crippen LogP contribution is 2.58. The summed E-state index contributed by atoms with van der Waals surface area (Å²) < 4.78 is 27.0. The van der Waals surface area contributed by atoms with Crippen molar-refractivity contribution >= 4 is 43.3 Å². The van der Waals surface area contributed by atoms with Gasteiger partial charge < -0.3 is 39.9 Å². The molecular weight excluding hydrogens is 478 g/mol. The van der Waals surface area contributed by atoms with E-state index in [1.807, 2.05) is 6.07 Å². The first-order valence-corrected chi connectivity index (χ1v) is 12.6. The zero-order chi connectivity index (χ0) is 23.0. The highest BCUT2D eigenvalue weighted by Gasteiger charge is 2.56. The molecule has 0 aromatic carbocycles. The summed E-state index contributed by atoms with van der Waals surface area (Å²) in [5.41, 5.74) is 4.41. The van der Waals surface area contributed by atoms with Crippen molar-refractivity contribution in [3.8, 4) is 6.07 Å². The van der Waals surface area contributed by atoms with Crippen molar-refractivity contribution in [2.75, 3.05) is 12.3 Å². The summed E-state index contributed by atoms with van der Waals surface area (Å²) in [5.74, 6) is 0.0580. The van der Waals surface area contributed by atoms with Gasteiger partial charge >= 0.3 is 14.5 Å². The quantitative estimate of drug-likeness (QED) is 0.236. The molecule has 0 amide bonds. The number of hydrogen-bond donors (Lipinski definition) is 6. The Morgan fingerprint density at radius 3 is 2.71 bits per heavy atom. The predicted octanol–water partition coefficient (Wildman–Crippen LogP) is -1.17. The lowest BCUT2D eigenvalue weighted by Crippen LogP contribution is -2.45. The average molecular weight is 496 g/mol. The zero-order valence-corrected chi connectivity index (χ0v) is 18.1. The number of aliphatic hydroxyl groups excluding tert-OH is 2. The Morgan fingerprint density at radius 1 is 1.35 bits per heavy atom. The zero-order valence-electron chi connectivity index (χ0n) is 15.5. The molecule has 15 nitrogen and oxygen atoms in total. The number of nitriles is 1. The van der Waals surface area contributed by atoms with Gasteiger partial charge in [0, 0.05) is 12.8 Å². The lowest BCUT2D eigenvalue weighted by molar-refractivity contribution is -0.148. The van der Waals surface area contributed by atoms with Gasteiger partial charge in [-0.25, -0.2) is 23.8 Å². The number of ether oxygens (including phenoxy) is 1. The van der Waals surface area contributed by atoms with Crippen molar-refractivity contribution in [2.24, 2.45) is 0 Å². The maximum atomic E-state index is 10.9. The van der Waals surface area contributed by atoms with E-state index in [0.29, 0.717) is 0 Å². The third-order valence-corrected chi connectivity index (χ3v) is 7.57. The molecule has 7 N–H and O–H groups in total. The molecule has 2 aromatic rings. The van der Waals surface area contributed by atoms with Crippen LogP contribution < -0.4 is 5.73 Å². The van der Waals surface area contributed by atoms with Gasteiger partial charge in [-0.3, -0.25) is 4.57 Å². The van der Waals surface area contributed by atoms with Gasteiger partial charge in [-0.1, -0.05) is 0 Å². The molecule has 1 unspecified atom stereocenters. The summed E-state index contributed by atoms with van der Waals surface area (Å²) in [6, 6.07) is 1.92. The third-order valence-electron chi connectivity index (χ3n) is 4.50. The number of nitrogens with two attached hydrogens (primary N) is 1. The van der Waals surface area contributed by atoms with E-state index in [9.17, 15) is 19.7 Å². The third kappa shape index (κ3) is 4.92. The molecule has 3 rings (SSSR count). The van der Waals surface area contributed by atoms with Gasteiger partial charge in [0.25, 0.3) is 0 Å². The number of rotatable bonds is 8. The number of phosphoric acid groups is 1. The van der Waals surface area contributed by atoms with E-state index in [1.54, 1.807) is 0 Å². The summed E-state index contributed by atoms with van der Waals surface area (Å²) in [6.45, 7) is -5.08. The molecule has 5 atom stereocenters. The van der Waals surface area contributed by atoms with Gasteiger partial charge in [0.1, 0.15) is 30.2 Å². The predicted molar refractivity (Wildman–Crippen MR) is 105 cm³/mol. The van der Waals surface area contributed by atoms with Crippen LogP contribution in [-0.4, -0.2) is 69.3 Å². The molecule has 170 valence electrons. The maximum absolute atomic E-state index is 10.9. The molecule has 1 fully saturated rings. The number of aliphatic hydroxyl groups is 2. The van der Waals surface area contributed by atoms with Gasteiger partial charge in [-0.05, 0) is 11.8 Å². The molecule has 18 heteroatoms. The van der Waals surface area contributed by atoms with Crippen molar-refractivity contribution < 1.29 is 43.0 Å². The Labute approximate surface area is 179 Å². The minimum Gasteiger partial charge on any atom is -0.387 e. The van der Waals surface area contributed by atoms with Crippen LogP contribution in [0.15, 0.2) is 12.7 Å². The first-order chi connectivity index (χ1) is 14.4. The monoisotopic (exact) mass is 496 g/mol. The molecule has 1 saturated heterocycles. The SMILES string of the molecule is N#CCC[C@@]1(n2cnc3c(N)ncnc32)O[C@H](COP(O)(=S)OP(=O)(O)O)[C@@H](O)[C@H]1O. The summed E-state index contributed by atoms with van der Waals surface area (Å²) in [5, 5.41) is 30.4. The Morgan fingerprint density at radius 2 is 2.06 bits per heavy atom. The van der Waals surface area contributed by atoms with Crippen molar-refractivity contribution in [2.45, 2.75) is 36.9 Å². The summed E-state index contributed by atoms with van der Waals surface area (Å²) in [4.78, 5) is 39.4. The molecule has 3 heterocycles. The molecule has 31 heavy (non-hydrogen) atoms. The second-order valence-corrected chi connectivity index (χ2v) is 10.7. The summed E-state index contributed by atoms with van der Waals surface area (Å²) in [6.07, 6.45) is -2.37. The minimum absolute atomic E-state index is 0.0580. The molecular formula is C13H18N6O9P2S. The first kappa shape index (κ1) is 24.1. The van der Waals surface area contributed by atoms with E-state index >= 15 is 0 Å². The fraction of sp³-hybridized carbons (Fsp3) is 0.538. The van der Waals surface area contributed by atoms with Crippen LogP contribution in [-0.2, 0) is 35.7 Å². The van der Waals surface area contributed by atoms with Crippen LogP contribution >= 0.6 is 14.5 Å². The van der Waals surface area contributed by atoms with Crippen LogP contribution in [0, 0.1) is 11.3 Å². The fourth-order valence-corrected chi connectivity index (χ4v) is 5.78. The van der Waals surface area contributed by atoms with E-state index in [4.69, 9.17) is 30.0 Å². The molecule has 0 spiro atoms. The van der Waals surface area contributed by atoms with Crippen LogP contribution in [0.4, 0.5) is 5.82 Å². The van der Waals surface area contributed by atoms with Crippen LogP contribution in [0.3, 0.4) is 0 Å². The highest BCUT2D eigenvalue weighted by molar-refractivity contribution is 8.08. The first-order valence-electron chi connectivity index (χ1n) is 8.49. The topological polar surface area (TPSA) is 239 Å². The summed E-state index contributed by atoms with van der Waals surface area (Å²) >= 11 is 4.52. The maximum Gasteiger partial charge on any atom is 0.476 e. The number of anilines is 1. The fourth-order valence-electron chi connectivity index (χ4n) is 3.22. The van der Waals surface area contributed by atoms with E-state index in [-0.39, 0.29) is 29.8 Å². The number of hydrogen-bond acceptors (Lipinski definition) is 12. The van der Waals surface area contributed by atoms with Gasteiger partial charge in [0.2, 0.25) is 0 Å². The minimum atomic E-state index is -5.14. The largest absolute Gasteiger partial charge is 0.476 e. The number of fused-ring (bicyclic) bond motifs is 1. The Hall–Kier alpha value is -1.60. The standard InChI is InChI=1S/C13H18N6O9P2S/c14-3-1-2-13(19-6-18-8-11(15)16-5-17-12(8)19)10(21)9(20)7(27-13)4-26-30(25,31)28-29(22,23)24/h5-7,9-10,20-21H,1-2,4H2,(H,25,31)(H2,15,16,17)(H2,22,23,24)/t7-,9-,10-,13-,30?/m1/s1. The number of nitrogens with zero attached hydrogens (tertiary/aromatic N) is 5. The normalized spacial score (nSPS) is 28.5. The molecule has 0 bridgehead atoms. The number of aromatic nitrogens is 4. The molecule has 1 aliphatic rings. The lowest BCUT2D eigenvalue weighted by atomic mass is 9.97. The Kier molecular flexibility index (Phi) is 6.78. The summed E-state index contributed by atoms with van der Waals surface area (Å²) in [7, 11) is -5.14. The second kappa shape index (κ2) is 8.74. The van der Waals surface area contributed by atoms with Crippen LogP contribution in [0.25, 0.3) is 11.2 Å². The molecule has 1 aliphatic heterocycles. The van der Waals surface area contributed by atoms with E-state index in [1.165, 1.54) is 10.9 Å². The van der Waals surface area contributed by atoms with Crippen LogP contribution in [0.5, 0.6) is 0 Å². The molecule has 0 aliphatic carbocycles. The van der Waals surface area contributed by atoms with E-state index in [2.05, 4.69) is 31.1 Å². The average Bonchev–Trinajstić information content (AvgIpc) is 3.20. The molecule has 0 radical (unpaired) electrons. The van der Waals surface area contributed by atoms with Crippen LogP contribution in [0.1, 0.15) is 12.8 Å². The highest BCUT2D eigenvalue weighted by atomic mass is 32.5. The molecule has 0 saturated carbocycles. The van der Waals surface area contributed by atoms with Crippen LogP contribution in [0.2, 0.25) is 0 Å². The second-order valence-electron chi connectivity index (χ2n) is 6.48. The van der Waals surface area contributed by atoms with Crippen molar-refractivity contribution in [1.82, 2.24) is 19.5 Å². The Bertz CT molecular complexity index is 1100. The van der Waals surface area contributed by atoms with Gasteiger partial charge in [0.15, 0.2) is 17.2 Å².